The summed E-state index contributed by atoms with van der Waals surface area (Å²) in [6.07, 6.45) is 6.45. The zero-order valence-corrected chi connectivity index (χ0v) is 12.6. The Morgan fingerprint density at radius 3 is 2.68 bits per heavy atom. The molecule has 0 aliphatic carbocycles. The Morgan fingerprint density at radius 1 is 1.21 bits per heavy atom. The first-order valence-electron chi connectivity index (χ1n) is 7.12. The molecule has 0 spiro atoms. The number of unbranched alkanes of at least 4 members (excludes halogenated alkanes) is 3. The second kappa shape index (κ2) is 8.92. The van der Waals surface area contributed by atoms with Gasteiger partial charge < -0.3 is 5.32 Å². The van der Waals surface area contributed by atoms with E-state index in [-0.39, 0.29) is 5.91 Å². The van der Waals surface area contributed by atoms with Crippen LogP contribution in [0.4, 0.5) is 0 Å². The van der Waals surface area contributed by atoms with E-state index in [1.807, 2.05) is 6.07 Å². The number of aromatic nitrogens is 1. The number of amides is 1. The minimum Gasteiger partial charge on any atom is -0.352 e. The molecule has 19 heavy (non-hydrogen) atoms. The Balaban J connectivity index is 2.51. The molecule has 4 heteroatoms. The number of nitrogens with zero attached hydrogens (tertiary/aromatic N) is 1. The van der Waals surface area contributed by atoms with Gasteiger partial charge in [-0.2, -0.15) is 0 Å². The van der Waals surface area contributed by atoms with E-state index in [1.165, 1.54) is 12.8 Å². The highest BCUT2D eigenvalue weighted by molar-refractivity contribution is 6.29. The van der Waals surface area contributed by atoms with Crippen LogP contribution in [0.15, 0.2) is 12.1 Å². The molecule has 0 radical (unpaired) electrons. The van der Waals surface area contributed by atoms with E-state index >= 15 is 0 Å². The molecule has 106 valence electrons. The van der Waals surface area contributed by atoms with Crippen molar-refractivity contribution in [2.24, 2.45) is 0 Å². The van der Waals surface area contributed by atoms with Gasteiger partial charge in [-0.3, -0.25) is 4.79 Å². The van der Waals surface area contributed by atoms with E-state index in [9.17, 15) is 4.79 Å². The minimum atomic E-state index is -0.0573. The van der Waals surface area contributed by atoms with Crippen molar-refractivity contribution in [1.82, 2.24) is 10.3 Å². The second-order valence-corrected chi connectivity index (χ2v) is 5.12. The van der Waals surface area contributed by atoms with Crippen LogP contribution in [0, 0.1) is 0 Å². The third-order valence-corrected chi connectivity index (χ3v) is 3.12. The maximum atomic E-state index is 12.0. The molecule has 3 nitrogen and oxygen atoms in total. The topological polar surface area (TPSA) is 42.0 Å². The first-order valence-corrected chi connectivity index (χ1v) is 7.49. The molecule has 0 aromatic carbocycles. The van der Waals surface area contributed by atoms with Crippen molar-refractivity contribution in [3.05, 3.63) is 28.5 Å². The van der Waals surface area contributed by atoms with Gasteiger partial charge in [0, 0.05) is 17.8 Å². The summed E-state index contributed by atoms with van der Waals surface area (Å²) in [7, 11) is 0. The predicted molar refractivity (Wildman–Crippen MR) is 79.7 cm³/mol. The molecule has 1 aromatic rings. The minimum absolute atomic E-state index is 0.0573. The number of hydrogen-bond donors (Lipinski definition) is 1. The molecular weight excluding hydrogens is 260 g/mol. The highest BCUT2D eigenvalue weighted by Crippen LogP contribution is 2.12. The Labute approximate surface area is 120 Å². The number of carbonyl (C=O) groups excluding carboxylic acids is 1. The smallest absolute Gasteiger partial charge is 0.251 e. The molecule has 0 bridgehead atoms. The van der Waals surface area contributed by atoms with Crippen molar-refractivity contribution in [2.45, 2.75) is 52.4 Å². The van der Waals surface area contributed by atoms with E-state index in [1.54, 1.807) is 6.07 Å². The van der Waals surface area contributed by atoms with Crippen molar-refractivity contribution in [3.8, 4) is 0 Å². The molecule has 0 atom stereocenters. The van der Waals surface area contributed by atoms with Gasteiger partial charge in [0.2, 0.25) is 0 Å². The van der Waals surface area contributed by atoms with Crippen LogP contribution in [0.25, 0.3) is 0 Å². The normalized spacial score (nSPS) is 10.5. The van der Waals surface area contributed by atoms with Crippen molar-refractivity contribution < 1.29 is 4.79 Å². The fourth-order valence-electron chi connectivity index (χ4n) is 1.92. The molecule has 1 heterocycles. The first kappa shape index (κ1) is 16.0. The van der Waals surface area contributed by atoms with Crippen LogP contribution in [0.2, 0.25) is 5.15 Å². The summed E-state index contributed by atoms with van der Waals surface area (Å²) in [5, 5.41) is 3.32. The average molecular weight is 283 g/mol. The largest absolute Gasteiger partial charge is 0.352 e. The average Bonchev–Trinajstić information content (AvgIpc) is 2.38. The number of nitrogens with one attached hydrogen (secondary N) is 1. The van der Waals surface area contributed by atoms with Crippen molar-refractivity contribution in [2.75, 3.05) is 6.54 Å². The Kier molecular flexibility index (Phi) is 7.49. The summed E-state index contributed by atoms with van der Waals surface area (Å²) in [6.45, 7) is 4.98. The Hall–Kier alpha value is -1.09. The zero-order chi connectivity index (χ0) is 14.1. The van der Waals surface area contributed by atoms with Crippen molar-refractivity contribution in [1.29, 1.82) is 0 Å². The van der Waals surface area contributed by atoms with Crippen LogP contribution in [0.1, 0.15) is 62.0 Å². The number of hydrogen-bond acceptors (Lipinski definition) is 2. The molecule has 0 fully saturated rings. The van der Waals surface area contributed by atoms with Crippen LogP contribution < -0.4 is 5.32 Å². The quantitative estimate of drug-likeness (QED) is 0.578. The van der Waals surface area contributed by atoms with Crippen molar-refractivity contribution >= 4 is 17.5 Å². The number of aryl methyl sites for hydroxylation is 1. The van der Waals surface area contributed by atoms with Gasteiger partial charge in [-0.05, 0) is 25.0 Å². The maximum Gasteiger partial charge on any atom is 0.251 e. The Bertz CT molecular complexity index is 407. The van der Waals surface area contributed by atoms with Crippen LogP contribution in [0.3, 0.4) is 0 Å². The lowest BCUT2D eigenvalue weighted by molar-refractivity contribution is 0.0952. The third kappa shape index (κ3) is 6.06. The van der Waals surface area contributed by atoms with Gasteiger partial charge in [0.15, 0.2) is 0 Å². The number of carbonyl (C=O) groups is 1. The van der Waals surface area contributed by atoms with Crippen molar-refractivity contribution in [3.63, 3.8) is 0 Å². The molecule has 1 rings (SSSR count). The summed E-state index contributed by atoms with van der Waals surface area (Å²) in [5.41, 5.74) is 1.49. The van der Waals surface area contributed by atoms with Crippen LogP contribution in [-0.4, -0.2) is 17.4 Å². The lowest BCUT2D eigenvalue weighted by Crippen LogP contribution is -2.24. The van der Waals surface area contributed by atoms with E-state index in [0.29, 0.717) is 10.7 Å². The Morgan fingerprint density at radius 2 is 2.00 bits per heavy atom. The van der Waals surface area contributed by atoms with E-state index in [0.717, 1.165) is 37.9 Å². The number of pyridine rings is 1. The summed E-state index contributed by atoms with van der Waals surface area (Å²) in [6, 6.07) is 3.46. The van der Waals surface area contributed by atoms with Gasteiger partial charge in [-0.1, -0.05) is 51.1 Å². The van der Waals surface area contributed by atoms with Crippen LogP contribution >= 0.6 is 11.6 Å². The number of halogens is 1. The molecule has 1 amide bonds. The fraction of sp³-hybridized carbons (Fsp3) is 0.600. The van der Waals surface area contributed by atoms with E-state index < -0.39 is 0 Å². The van der Waals surface area contributed by atoms with Gasteiger partial charge in [0.1, 0.15) is 5.15 Å². The van der Waals surface area contributed by atoms with Gasteiger partial charge >= 0.3 is 0 Å². The second-order valence-electron chi connectivity index (χ2n) is 4.74. The van der Waals surface area contributed by atoms with Gasteiger partial charge in [0.25, 0.3) is 5.91 Å². The summed E-state index contributed by atoms with van der Waals surface area (Å²) >= 11 is 5.94. The first-order chi connectivity index (χ1) is 9.17. The molecule has 0 saturated heterocycles. The maximum absolute atomic E-state index is 12.0. The third-order valence-electron chi connectivity index (χ3n) is 2.93. The van der Waals surface area contributed by atoms with Crippen LogP contribution in [-0.2, 0) is 6.42 Å². The summed E-state index contributed by atoms with van der Waals surface area (Å²) in [5.74, 6) is -0.0573. The van der Waals surface area contributed by atoms with Gasteiger partial charge in [-0.15, -0.1) is 0 Å². The monoisotopic (exact) mass is 282 g/mol. The standard InChI is InChI=1S/C15H23ClN2O/c1-3-5-6-7-9-17-15(19)12-10-13(8-4-2)18-14(16)11-12/h10-11H,3-9H2,1-2H3,(H,17,19). The highest BCUT2D eigenvalue weighted by atomic mass is 35.5. The predicted octanol–water partition coefficient (Wildman–Crippen LogP) is 4.00. The lowest BCUT2D eigenvalue weighted by atomic mass is 10.1. The highest BCUT2D eigenvalue weighted by Gasteiger charge is 2.08. The van der Waals surface area contributed by atoms with Gasteiger partial charge in [0.05, 0.1) is 0 Å². The van der Waals surface area contributed by atoms with E-state index in [2.05, 4.69) is 24.1 Å². The zero-order valence-electron chi connectivity index (χ0n) is 11.8. The van der Waals surface area contributed by atoms with E-state index in [4.69, 9.17) is 11.6 Å². The molecule has 1 N–H and O–H groups in total. The molecular formula is C15H23ClN2O. The summed E-state index contributed by atoms with van der Waals surface area (Å²) in [4.78, 5) is 16.2. The molecule has 0 saturated carbocycles. The molecule has 0 aliphatic rings. The fourth-order valence-corrected chi connectivity index (χ4v) is 2.15. The SMILES string of the molecule is CCCCCCNC(=O)c1cc(Cl)nc(CCC)c1. The van der Waals surface area contributed by atoms with Crippen LogP contribution in [0.5, 0.6) is 0 Å². The summed E-state index contributed by atoms with van der Waals surface area (Å²) < 4.78 is 0. The van der Waals surface area contributed by atoms with Gasteiger partial charge in [-0.25, -0.2) is 4.98 Å². The molecule has 0 unspecified atom stereocenters. The number of rotatable bonds is 8. The molecule has 1 aromatic heterocycles. The molecule has 0 aliphatic heterocycles. The lowest BCUT2D eigenvalue weighted by Gasteiger charge is -2.07.